The van der Waals surface area contributed by atoms with Crippen LogP contribution < -0.4 is 5.32 Å². The van der Waals surface area contributed by atoms with Crippen LogP contribution in [-0.2, 0) is 17.8 Å². The zero-order chi connectivity index (χ0) is 16.0. The molecule has 1 aliphatic carbocycles. The number of aromatic nitrogens is 2. The van der Waals surface area contributed by atoms with Gasteiger partial charge in [-0.05, 0) is 37.1 Å². The van der Waals surface area contributed by atoms with Crippen molar-refractivity contribution in [2.24, 2.45) is 5.92 Å². The first-order valence-corrected chi connectivity index (χ1v) is 8.85. The fourth-order valence-electron chi connectivity index (χ4n) is 3.31. The van der Waals surface area contributed by atoms with E-state index in [-0.39, 0.29) is 5.92 Å². The Labute approximate surface area is 139 Å². The number of nitrogens with one attached hydrogen (secondary N) is 1. The van der Waals surface area contributed by atoms with Crippen LogP contribution in [0.2, 0.25) is 0 Å². The lowest BCUT2D eigenvalue weighted by atomic mass is 10.1. The van der Waals surface area contributed by atoms with E-state index >= 15 is 0 Å². The van der Waals surface area contributed by atoms with E-state index in [9.17, 15) is 4.79 Å². The van der Waals surface area contributed by atoms with Gasteiger partial charge in [-0.1, -0.05) is 0 Å². The molecule has 2 aromatic rings. The highest BCUT2D eigenvalue weighted by Crippen LogP contribution is 2.50. The molecular formula is C17H20N4OS. The Morgan fingerprint density at radius 2 is 2.26 bits per heavy atom. The quantitative estimate of drug-likeness (QED) is 0.941. The van der Waals surface area contributed by atoms with Gasteiger partial charge in [0.05, 0.1) is 5.69 Å². The predicted molar refractivity (Wildman–Crippen MR) is 90.6 cm³/mol. The second-order valence-electron chi connectivity index (χ2n) is 6.36. The van der Waals surface area contributed by atoms with E-state index in [4.69, 9.17) is 0 Å². The van der Waals surface area contributed by atoms with Gasteiger partial charge in [-0.2, -0.15) is 5.10 Å². The van der Waals surface area contributed by atoms with E-state index in [1.807, 2.05) is 29.4 Å². The molecular weight excluding hydrogens is 308 g/mol. The molecule has 23 heavy (non-hydrogen) atoms. The molecule has 1 saturated carbocycles. The number of aryl methyl sites for hydroxylation is 1. The highest BCUT2D eigenvalue weighted by Gasteiger charge is 2.46. The van der Waals surface area contributed by atoms with Crippen molar-refractivity contribution in [2.75, 3.05) is 18.9 Å². The standard InChI is InChI=1S/C17H20N4OS/c1-10-3-4-15(23-10)12-8-13(12)17(22)21-6-5-14-11(9-21)7-16(18-2)20-19-14/h3-4,7,12-13H,5-6,8-9H2,1-2H3,(H,18,20). The first-order chi connectivity index (χ1) is 11.2. The van der Waals surface area contributed by atoms with E-state index < -0.39 is 0 Å². The first kappa shape index (κ1) is 14.6. The molecule has 1 fully saturated rings. The minimum Gasteiger partial charge on any atom is -0.372 e. The Kier molecular flexibility index (Phi) is 3.56. The number of carbonyl (C=O) groups excluding carboxylic acids is 1. The lowest BCUT2D eigenvalue weighted by Crippen LogP contribution is -2.37. The lowest BCUT2D eigenvalue weighted by molar-refractivity contribution is -0.133. The van der Waals surface area contributed by atoms with E-state index in [1.165, 1.54) is 9.75 Å². The van der Waals surface area contributed by atoms with Gasteiger partial charge >= 0.3 is 0 Å². The van der Waals surface area contributed by atoms with Crippen molar-refractivity contribution in [1.82, 2.24) is 15.1 Å². The molecule has 1 amide bonds. The molecule has 120 valence electrons. The molecule has 2 aliphatic rings. The maximum Gasteiger partial charge on any atom is 0.226 e. The largest absolute Gasteiger partial charge is 0.372 e. The summed E-state index contributed by atoms with van der Waals surface area (Å²) in [6.07, 6.45) is 1.80. The molecule has 2 atom stereocenters. The number of hydrogen-bond acceptors (Lipinski definition) is 5. The number of amides is 1. The van der Waals surface area contributed by atoms with Gasteiger partial charge in [0.25, 0.3) is 0 Å². The summed E-state index contributed by atoms with van der Waals surface area (Å²) in [5.74, 6) is 1.67. The topological polar surface area (TPSA) is 58.1 Å². The summed E-state index contributed by atoms with van der Waals surface area (Å²) in [6.45, 7) is 3.53. The van der Waals surface area contributed by atoms with Crippen molar-refractivity contribution in [1.29, 1.82) is 0 Å². The predicted octanol–water partition coefficient (Wildman–Crippen LogP) is 2.58. The fraction of sp³-hybridized carbons (Fsp3) is 0.471. The maximum atomic E-state index is 12.8. The number of carbonyl (C=O) groups is 1. The van der Waals surface area contributed by atoms with Gasteiger partial charge in [-0.3, -0.25) is 4.79 Å². The van der Waals surface area contributed by atoms with Gasteiger partial charge in [-0.25, -0.2) is 0 Å². The monoisotopic (exact) mass is 328 g/mol. The second-order valence-corrected chi connectivity index (χ2v) is 7.68. The van der Waals surface area contributed by atoms with Crippen LogP contribution >= 0.6 is 11.3 Å². The van der Waals surface area contributed by atoms with Crippen molar-refractivity contribution in [3.63, 3.8) is 0 Å². The zero-order valence-electron chi connectivity index (χ0n) is 13.4. The molecule has 0 aromatic carbocycles. The molecule has 0 radical (unpaired) electrons. The Morgan fingerprint density at radius 3 is 3.00 bits per heavy atom. The van der Waals surface area contributed by atoms with E-state index in [2.05, 4.69) is 34.6 Å². The Hall–Kier alpha value is -1.95. The Balaban J connectivity index is 1.46. The van der Waals surface area contributed by atoms with Crippen molar-refractivity contribution in [2.45, 2.75) is 32.2 Å². The molecule has 0 bridgehead atoms. The lowest BCUT2D eigenvalue weighted by Gasteiger charge is -2.28. The molecule has 5 nitrogen and oxygen atoms in total. The molecule has 0 saturated heterocycles. The summed E-state index contributed by atoms with van der Waals surface area (Å²) in [5.41, 5.74) is 2.14. The minimum atomic E-state index is 0.174. The summed E-state index contributed by atoms with van der Waals surface area (Å²) in [7, 11) is 1.83. The maximum absolute atomic E-state index is 12.8. The van der Waals surface area contributed by atoms with Crippen LogP contribution in [0, 0.1) is 12.8 Å². The van der Waals surface area contributed by atoms with Crippen molar-refractivity contribution in [3.8, 4) is 0 Å². The third kappa shape index (κ3) is 2.72. The molecule has 2 unspecified atom stereocenters. The van der Waals surface area contributed by atoms with Crippen LogP contribution in [-0.4, -0.2) is 34.6 Å². The number of anilines is 1. The smallest absolute Gasteiger partial charge is 0.226 e. The number of nitrogens with zero attached hydrogens (tertiary/aromatic N) is 3. The summed E-state index contributed by atoms with van der Waals surface area (Å²) >= 11 is 1.82. The van der Waals surface area contributed by atoms with Gasteiger partial charge in [-0.15, -0.1) is 16.4 Å². The molecule has 2 aromatic heterocycles. The summed E-state index contributed by atoms with van der Waals surface area (Å²) in [4.78, 5) is 17.5. The third-order valence-electron chi connectivity index (χ3n) is 4.74. The van der Waals surface area contributed by atoms with Gasteiger partial charge in [0.1, 0.15) is 5.82 Å². The average Bonchev–Trinajstić information content (AvgIpc) is 3.27. The van der Waals surface area contributed by atoms with Crippen LogP contribution in [0.1, 0.15) is 33.4 Å². The van der Waals surface area contributed by atoms with Crippen molar-refractivity contribution >= 4 is 23.1 Å². The Bertz CT molecular complexity index is 757. The normalized spacial score (nSPS) is 22.6. The number of rotatable bonds is 3. The molecule has 1 N–H and O–H groups in total. The highest BCUT2D eigenvalue weighted by molar-refractivity contribution is 7.12. The van der Waals surface area contributed by atoms with E-state index in [1.54, 1.807) is 0 Å². The summed E-state index contributed by atoms with van der Waals surface area (Å²) in [6, 6.07) is 6.34. The molecule has 4 rings (SSSR count). The average molecular weight is 328 g/mol. The van der Waals surface area contributed by atoms with Gasteiger partial charge < -0.3 is 10.2 Å². The third-order valence-corrected chi connectivity index (χ3v) is 5.87. The molecule has 3 heterocycles. The molecule has 0 spiro atoms. The zero-order valence-corrected chi connectivity index (χ0v) is 14.2. The van der Waals surface area contributed by atoms with Crippen LogP contribution in [0.5, 0.6) is 0 Å². The fourth-order valence-corrected chi connectivity index (χ4v) is 4.36. The molecule has 1 aliphatic heterocycles. The first-order valence-electron chi connectivity index (χ1n) is 8.04. The second kappa shape index (κ2) is 5.60. The Morgan fingerprint density at radius 1 is 1.39 bits per heavy atom. The molecule has 6 heteroatoms. The minimum absolute atomic E-state index is 0.174. The van der Waals surface area contributed by atoms with Crippen LogP contribution in [0.3, 0.4) is 0 Å². The van der Waals surface area contributed by atoms with Crippen LogP contribution in [0.25, 0.3) is 0 Å². The van der Waals surface area contributed by atoms with Crippen molar-refractivity contribution in [3.05, 3.63) is 39.2 Å². The van der Waals surface area contributed by atoms with Gasteiger partial charge in [0, 0.05) is 48.1 Å². The highest BCUT2D eigenvalue weighted by atomic mass is 32.1. The summed E-state index contributed by atoms with van der Waals surface area (Å²) < 4.78 is 0. The van der Waals surface area contributed by atoms with Gasteiger partial charge in [0.15, 0.2) is 0 Å². The van der Waals surface area contributed by atoms with Crippen LogP contribution in [0.4, 0.5) is 5.82 Å². The van der Waals surface area contributed by atoms with E-state index in [0.29, 0.717) is 18.4 Å². The van der Waals surface area contributed by atoms with Crippen LogP contribution in [0.15, 0.2) is 18.2 Å². The van der Waals surface area contributed by atoms with Gasteiger partial charge in [0.2, 0.25) is 5.91 Å². The summed E-state index contributed by atoms with van der Waals surface area (Å²) in [5, 5.41) is 11.4. The van der Waals surface area contributed by atoms with Crippen molar-refractivity contribution < 1.29 is 4.79 Å². The number of fused-ring (bicyclic) bond motifs is 1. The SMILES string of the molecule is CNc1cc2c(nn1)CCN(C(=O)C1CC1c1ccc(C)s1)C2. The number of thiophene rings is 1. The van der Waals surface area contributed by atoms with E-state index in [0.717, 1.165) is 36.5 Å². The number of hydrogen-bond donors (Lipinski definition) is 1.